The summed E-state index contributed by atoms with van der Waals surface area (Å²) in [6.45, 7) is 8.73. The van der Waals surface area contributed by atoms with E-state index in [4.69, 9.17) is 9.47 Å². The van der Waals surface area contributed by atoms with Crippen molar-refractivity contribution in [1.82, 2.24) is 9.88 Å². The molecule has 0 saturated carbocycles. The molecular weight excluding hydrogens is 394 g/mol. The number of piperazine rings is 1. The Morgan fingerprint density at radius 3 is 2.66 bits per heavy atom. The van der Waals surface area contributed by atoms with Crippen LogP contribution in [-0.2, 0) is 9.47 Å². The van der Waals surface area contributed by atoms with Gasteiger partial charge in [0.2, 0.25) is 0 Å². The Balaban J connectivity index is 1.55. The van der Waals surface area contributed by atoms with Gasteiger partial charge in [-0.1, -0.05) is 0 Å². The standard InChI is InChI=1S/C19H25N5O4S/c1-19(2,3)28-17(25)23-8-6-22(7-9-23)16-5-4-14(10-21-16)24-12-15(11-20-13-29)27-18(24)26/h4-5,10,15H,6-9,11-12H2,1-3H3/t15-/m0/s1. The first-order valence-electron chi connectivity index (χ1n) is 9.47. The predicted molar refractivity (Wildman–Crippen MR) is 112 cm³/mol. The van der Waals surface area contributed by atoms with E-state index in [1.54, 1.807) is 11.1 Å². The maximum absolute atomic E-state index is 12.2. The second kappa shape index (κ2) is 8.75. The van der Waals surface area contributed by atoms with E-state index in [9.17, 15) is 9.59 Å². The highest BCUT2D eigenvalue weighted by Gasteiger charge is 2.32. The summed E-state index contributed by atoms with van der Waals surface area (Å²) < 4.78 is 10.7. The van der Waals surface area contributed by atoms with Crippen molar-refractivity contribution in [2.75, 3.05) is 49.1 Å². The Kier molecular flexibility index (Phi) is 6.34. The van der Waals surface area contributed by atoms with Gasteiger partial charge in [0.1, 0.15) is 17.5 Å². The minimum absolute atomic E-state index is 0.291. The lowest BCUT2D eigenvalue weighted by atomic mass is 10.2. The number of cyclic esters (lactones) is 1. The summed E-state index contributed by atoms with van der Waals surface area (Å²) in [6.07, 6.45) is 0.607. The fourth-order valence-corrected chi connectivity index (χ4v) is 3.21. The monoisotopic (exact) mass is 419 g/mol. The zero-order valence-electron chi connectivity index (χ0n) is 16.8. The molecule has 1 atom stereocenters. The average molecular weight is 420 g/mol. The van der Waals surface area contributed by atoms with Gasteiger partial charge in [-0.3, -0.25) is 4.90 Å². The summed E-state index contributed by atoms with van der Waals surface area (Å²) >= 11 is 4.55. The molecule has 3 heterocycles. The number of hydrogen-bond acceptors (Lipinski definition) is 8. The predicted octanol–water partition coefficient (Wildman–Crippen LogP) is 2.57. The Morgan fingerprint density at radius 1 is 1.34 bits per heavy atom. The van der Waals surface area contributed by atoms with Crippen LogP contribution >= 0.6 is 12.2 Å². The maximum atomic E-state index is 12.2. The Labute approximate surface area is 175 Å². The molecule has 2 saturated heterocycles. The van der Waals surface area contributed by atoms with E-state index in [1.165, 1.54) is 4.90 Å². The summed E-state index contributed by atoms with van der Waals surface area (Å²) in [6, 6.07) is 3.71. The number of carbonyl (C=O) groups is 2. The first-order valence-corrected chi connectivity index (χ1v) is 9.88. The molecule has 0 aliphatic carbocycles. The third-order valence-corrected chi connectivity index (χ3v) is 4.66. The lowest BCUT2D eigenvalue weighted by molar-refractivity contribution is 0.0240. The number of thiocarbonyl (C=S) groups is 1. The van der Waals surface area contributed by atoms with Gasteiger partial charge >= 0.3 is 12.2 Å². The molecule has 0 unspecified atom stereocenters. The molecule has 2 fully saturated rings. The van der Waals surface area contributed by atoms with Crippen LogP contribution in [0.15, 0.2) is 23.3 Å². The van der Waals surface area contributed by atoms with Gasteiger partial charge in [-0.25, -0.2) is 19.6 Å². The van der Waals surface area contributed by atoms with E-state index in [0.29, 0.717) is 45.0 Å². The van der Waals surface area contributed by atoms with Crippen LogP contribution in [0.5, 0.6) is 0 Å². The fourth-order valence-electron chi connectivity index (χ4n) is 3.14. The van der Waals surface area contributed by atoms with Gasteiger partial charge in [0.25, 0.3) is 0 Å². The lowest BCUT2D eigenvalue weighted by Gasteiger charge is -2.36. The minimum atomic E-state index is -0.503. The van der Waals surface area contributed by atoms with E-state index in [2.05, 4.69) is 32.3 Å². The summed E-state index contributed by atoms with van der Waals surface area (Å²) in [5.41, 5.74) is 0.164. The number of aromatic nitrogens is 1. The number of nitrogens with zero attached hydrogens (tertiary/aromatic N) is 5. The van der Waals surface area contributed by atoms with Crippen molar-refractivity contribution in [3.8, 4) is 0 Å². The first-order chi connectivity index (χ1) is 13.8. The van der Waals surface area contributed by atoms with Crippen molar-refractivity contribution in [2.45, 2.75) is 32.5 Å². The summed E-state index contributed by atoms with van der Waals surface area (Å²) in [5.74, 6) is 0.798. The van der Waals surface area contributed by atoms with Crippen LogP contribution in [0.25, 0.3) is 0 Å². The van der Waals surface area contributed by atoms with E-state index in [1.807, 2.05) is 32.9 Å². The van der Waals surface area contributed by atoms with Gasteiger partial charge < -0.3 is 19.3 Å². The number of pyridine rings is 1. The second-order valence-electron chi connectivity index (χ2n) is 7.88. The SMILES string of the molecule is CC(C)(C)OC(=O)N1CCN(c2ccc(N3C[C@H](CN=C=S)OC3=O)cn2)CC1. The number of aliphatic imine (C=N–C) groups is 1. The molecule has 0 aromatic carbocycles. The van der Waals surface area contributed by atoms with E-state index in [-0.39, 0.29) is 12.2 Å². The Hall–Kier alpha value is -2.71. The van der Waals surface area contributed by atoms with Gasteiger partial charge in [0.15, 0.2) is 0 Å². The van der Waals surface area contributed by atoms with Crippen LogP contribution in [0.4, 0.5) is 21.1 Å². The topological polar surface area (TPSA) is 87.6 Å². The highest BCUT2D eigenvalue weighted by atomic mass is 32.1. The molecule has 2 amide bonds. The van der Waals surface area contributed by atoms with E-state index in [0.717, 1.165) is 5.82 Å². The number of hydrogen-bond donors (Lipinski definition) is 0. The van der Waals surface area contributed by atoms with Crippen molar-refractivity contribution in [3.05, 3.63) is 18.3 Å². The molecule has 2 aliphatic heterocycles. The van der Waals surface area contributed by atoms with Crippen molar-refractivity contribution in [3.63, 3.8) is 0 Å². The number of rotatable bonds is 4. The molecule has 1 aromatic heterocycles. The molecule has 156 valence electrons. The summed E-state index contributed by atoms with van der Waals surface area (Å²) in [5, 5.41) is 2.28. The largest absolute Gasteiger partial charge is 0.444 e. The zero-order chi connectivity index (χ0) is 21.0. The third kappa shape index (κ3) is 5.42. The van der Waals surface area contributed by atoms with Crippen molar-refractivity contribution >= 4 is 41.1 Å². The summed E-state index contributed by atoms with van der Waals surface area (Å²) in [7, 11) is 0. The number of amides is 2. The van der Waals surface area contributed by atoms with Gasteiger partial charge in [-0.2, -0.15) is 0 Å². The molecule has 2 aliphatic rings. The third-order valence-electron chi connectivity index (χ3n) is 4.53. The normalized spacial score (nSPS) is 19.6. The highest BCUT2D eigenvalue weighted by molar-refractivity contribution is 7.78. The molecule has 0 bridgehead atoms. The molecule has 29 heavy (non-hydrogen) atoms. The average Bonchev–Trinajstić information content (AvgIpc) is 3.06. The molecule has 0 spiro atoms. The van der Waals surface area contributed by atoms with Crippen LogP contribution in [0.2, 0.25) is 0 Å². The summed E-state index contributed by atoms with van der Waals surface area (Å²) in [4.78, 5) is 37.9. The van der Waals surface area contributed by atoms with Gasteiger partial charge in [-0.05, 0) is 45.1 Å². The lowest BCUT2D eigenvalue weighted by Crippen LogP contribution is -2.50. The van der Waals surface area contributed by atoms with E-state index < -0.39 is 11.7 Å². The number of isothiocyanates is 1. The molecular formula is C19H25N5O4S. The number of anilines is 2. The number of carbonyl (C=O) groups excluding carboxylic acids is 2. The van der Waals surface area contributed by atoms with Crippen molar-refractivity contribution in [2.24, 2.45) is 4.99 Å². The van der Waals surface area contributed by atoms with Crippen LogP contribution in [0, 0.1) is 0 Å². The molecule has 3 rings (SSSR count). The smallest absolute Gasteiger partial charge is 0.414 e. The molecule has 0 radical (unpaired) electrons. The van der Waals surface area contributed by atoms with Crippen molar-refractivity contribution in [1.29, 1.82) is 0 Å². The van der Waals surface area contributed by atoms with Gasteiger partial charge in [0.05, 0.1) is 30.1 Å². The van der Waals surface area contributed by atoms with Gasteiger partial charge in [-0.15, -0.1) is 0 Å². The Morgan fingerprint density at radius 2 is 2.07 bits per heavy atom. The minimum Gasteiger partial charge on any atom is -0.444 e. The van der Waals surface area contributed by atoms with Crippen LogP contribution < -0.4 is 9.80 Å². The first kappa shape index (κ1) is 21.0. The van der Waals surface area contributed by atoms with Crippen LogP contribution in [0.3, 0.4) is 0 Å². The molecule has 1 aromatic rings. The highest BCUT2D eigenvalue weighted by Crippen LogP contribution is 2.24. The van der Waals surface area contributed by atoms with Crippen molar-refractivity contribution < 1.29 is 19.1 Å². The number of ether oxygens (including phenoxy) is 2. The second-order valence-corrected chi connectivity index (χ2v) is 8.06. The Bertz CT molecular complexity index is 796. The van der Waals surface area contributed by atoms with Crippen LogP contribution in [0.1, 0.15) is 20.8 Å². The van der Waals surface area contributed by atoms with Crippen LogP contribution in [-0.4, -0.2) is 78.2 Å². The fraction of sp³-hybridized carbons (Fsp3) is 0.579. The molecule has 10 heteroatoms. The van der Waals surface area contributed by atoms with E-state index >= 15 is 0 Å². The zero-order valence-corrected chi connectivity index (χ0v) is 17.6. The quantitative estimate of drug-likeness (QED) is 0.547. The molecule has 0 N–H and O–H groups in total. The maximum Gasteiger partial charge on any atom is 0.414 e. The molecule has 9 nitrogen and oxygen atoms in total. The van der Waals surface area contributed by atoms with Gasteiger partial charge in [0, 0.05) is 26.2 Å².